The van der Waals surface area contributed by atoms with Crippen LogP contribution in [0.3, 0.4) is 0 Å². The molecule has 1 aromatic heterocycles. The van der Waals surface area contributed by atoms with Crippen LogP contribution in [0.2, 0.25) is 0 Å². The number of nitrogens with one attached hydrogen (secondary N) is 2. The maximum Gasteiger partial charge on any atom is 0.226 e. The summed E-state index contributed by atoms with van der Waals surface area (Å²) in [5, 5.41) is 15.9. The van der Waals surface area contributed by atoms with Crippen molar-refractivity contribution in [2.45, 2.75) is 26.6 Å². The lowest BCUT2D eigenvalue weighted by Gasteiger charge is -2.11. The smallest absolute Gasteiger partial charge is 0.226 e. The number of aliphatic imine (C=N–C) groups is 1. The van der Waals surface area contributed by atoms with Crippen LogP contribution >= 0.6 is 24.0 Å². The molecule has 28 heavy (non-hydrogen) atoms. The van der Waals surface area contributed by atoms with Gasteiger partial charge in [-0.2, -0.15) is 0 Å². The van der Waals surface area contributed by atoms with E-state index in [-0.39, 0.29) is 30.6 Å². The molecule has 0 radical (unpaired) electrons. The van der Waals surface area contributed by atoms with Gasteiger partial charge in [-0.3, -0.25) is 0 Å². The van der Waals surface area contributed by atoms with Crippen LogP contribution in [0.5, 0.6) is 0 Å². The number of aliphatic hydroxyl groups is 1. The van der Waals surface area contributed by atoms with Crippen molar-refractivity contribution in [1.82, 2.24) is 15.6 Å². The topological polar surface area (TPSA) is 82.7 Å². The van der Waals surface area contributed by atoms with E-state index in [9.17, 15) is 5.11 Å². The Balaban J connectivity index is 0.00000280. The standard InChI is InChI=1S/C21H24N4O2.HI/c1-2-22-21(23-12-17-10-6-7-11-18(17)14-26)24-13-19-15-27-20(25-19)16-8-4-3-5-9-16;/h3-11,15,26H,2,12-14H2,1H3,(H2,22,23,24);1H. The minimum atomic E-state index is 0. The molecule has 3 aromatic rings. The van der Waals surface area contributed by atoms with Crippen LogP contribution in [0.1, 0.15) is 23.7 Å². The molecular formula is C21H25IN4O2. The highest BCUT2D eigenvalue weighted by Gasteiger charge is 2.07. The van der Waals surface area contributed by atoms with E-state index in [1.165, 1.54) is 0 Å². The van der Waals surface area contributed by atoms with Crippen LogP contribution in [0.4, 0.5) is 0 Å². The molecule has 0 amide bonds. The van der Waals surface area contributed by atoms with Gasteiger partial charge in [-0.05, 0) is 30.2 Å². The van der Waals surface area contributed by atoms with Crippen molar-refractivity contribution in [3.8, 4) is 11.5 Å². The van der Waals surface area contributed by atoms with Crippen molar-refractivity contribution in [3.63, 3.8) is 0 Å². The quantitative estimate of drug-likeness (QED) is 0.266. The Morgan fingerprint density at radius 2 is 1.75 bits per heavy atom. The van der Waals surface area contributed by atoms with Crippen LogP contribution < -0.4 is 10.6 Å². The maximum absolute atomic E-state index is 9.44. The highest BCUT2D eigenvalue weighted by atomic mass is 127. The van der Waals surface area contributed by atoms with E-state index in [0.29, 0.717) is 24.9 Å². The number of rotatable bonds is 7. The van der Waals surface area contributed by atoms with Crippen molar-refractivity contribution in [2.75, 3.05) is 6.54 Å². The maximum atomic E-state index is 9.44. The van der Waals surface area contributed by atoms with Crippen molar-refractivity contribution < 1.29 is 9.52 Å². The molecule has 148 valence electrons. The summed E-state index contributed by atoms with van der Waals surface area (Å²) in [6.45, 7) is 3.77. The summed E-state index contributed by atoms with van der Waals surface area (Å²) in [7, 11) is 0. The second-order valence-electron chi connectivity index (χ2n) is 5.99. The Kier molecular flexibility index (Phi) is 8.96. The largest absolute Gasteiger partial charge is 0.444 e. The fourth-order valence-corrected chi connectivity index (χ4v) is 2.65. The average molecular weight is 492 g/mol. The van der Waals surface area contributed by atoms with E-state index >= 15 is 0 Å². The van der Waals surface area contributed by atoms with E-state index in [2.05, 4.69) is 20.6 Å². The number of nitrogens with zero attached hydrogens (tertiary/aromatic N) is 2. The number of hydrogen-bond acceptors (Lipinski definition) is 4. The lowest BCUT2D eigenvalue weighted by molar-refractivity contribution is 0.280. The molecule has 0 saturated carbocycles. The van der Waals surface area contributed by atoms with Gasteiger partial charge in [0.15, 0.2) is 5.96 Å². The molecule has 0 bridgehead atoms. The molecule has 0 atom stereocenters. The lowest BCUT2D eigenvalue weighted by atomic mass is 10.1. The molecule has 0 fully saturated rings. The van der Waals surface area contributed by atoms with Crippen LogP contribution in [0.25, 0.3) is 11.5 Å². The first kappa shape index (κ1) is 21.9. The molecular weight excluding hydrogens is 467 g/mol. The van der Waals surface area contributed by atoms with Crippen LogP contribution in [0.15, 0.2) is 70.3 Å². The van der Waals surface area contributed by atoms with Crippen molar-refractivity contribution >= 4 is 29.9 Å². The number of guanidine groups is 1. The Morgan fingerprint density at radius 1 is 1.04 bits per heavy atom. The number of benzene rings is 2. The van der Waals surface area contributed by atoms with Gasteiger partial charge in [-0.1, -0.05) is 42.5 Å². The third-order valence-corrected chi connectivity index (χ3v) is 4.05. The molecule has 3 rings (SSSR count). The van der Waals surface area contributed by atoms with Crippen molar-refractivity contribution in [1.29, 1.82) is 0 Å². The van der Waals surface area contributed by atoms with Gasteiger partial charge >= 0.3 is 0 Å². The molecule has 0 aliphatic carbocycles. The Morgan fingerprint density at radius 3 is 2.46 bits per heavy atom. The summed E-state index contributed by atoms with van der Waals surface area (Å²) in [5.41, 5.74) is 3.64. The summed E-state index contributed by atoms with van der Waals surface area (Å²) in [6, 6.07) is 17.6. The van der Waals surface area contributed by atoms with E-state index in [1.54, 1.807) is 6.26 Å². The summed E-state index contributed by atoms with van der Waals surface area (Å²) < 4.78 is 5.56. The molecule has 2 aromatic carbocycles. The highest BCUT2D eigenvalue weighted by molar-refractivity contribution is 14.0. The average Bonchev–Trinajstić information content (AvgIpc) is 3.20. The minimum Gasteiger partial charge on any atom is -0.444 e. The SMILES string of the molecule is CCNC(=NCc1ccccc1CO)NCc1coc(-c2ccccc2)n1.I. The van der Waals surface area contributed by atoms with Gasteiger partial charge in [-0.25, -0.2) is 9.98 Å². The van der Waals surface area contributed by atoms with Gasteiger partial charge in [0.25, 0.3) is 0 Å². The fourth-order valence-electron chi connectivity index (χ4n) is 2.65. The highest BCUT2D eigenvalue weighted by Crippen LogP contribution is 2.17. The zero-order valence-electron chi connectivity index (χ0n) is 15.8. The second kappa shape index (κ2) is 11.5. The molecule has 0 aliphatic rings. The van der Waals surface area contributed by atoms with Crippen molar-refractivity contribution in [3.05, 3.63) is 77.7 Å². The van der Waals surface area contributed by atoms with Gasteiger partial charge in [0.05, 0.1) is 25.4 Å². The predicted octanol–water partition coefficient (Wildman–Crippen LogP) is 3.71. The molecule has 3 N–H and O–H groups in total. The van der Waals surface area contributed by atoms with Crippen LogP contribution in [0, 0.1) is 0 Å². The number of oxazole rings is 1. The van der Waals surface area contributed by atoms with Gasteiger partial charge in [0, 0.05) is 12.1 Å². The van der Waals surface area contributed by atoms with E-state index in [1.807, 2.05) is 61.5 Å². The zero-order chi connectivity index (χ0) is 18.9. The van der Waals surface area contributed by atoms with Gasteiger partial charge < -0.3 is 20.2 Å². The minimum absolute atomic E-state index is 0. The molecule has 1 heterocycles. The number of hydrogen-bond donors (Lipinski definition) is 3. The number of halogens is 1. The van der Waals surface area contributed by atoms with Crippen LogP contribution in [-0.2, 0) is 19.7 Å². The van der Waals surface area contributed by atoms with Crippen molar-refractivity contribution in [2.24, 2.45) is 4.99 Å². The van der Waals surface area contributed by atoms with E-state index in [4.69, 9.17) is 4.42 Å². The molecule has 0 unspecified atom stereocenters. The summed E-state index contributed by atoms with van der Waals surface area (Å²) >= 11 is 0. The monoisotopic (exact) mass is 492 g/mol. The predicted molar refractivity (Wildman–Crippen MR) is 121 cm³/mol. The summed E-state index contributed by atoms with van der Waals surface area (Å²) in [5.74, 6) is 1.29. The number of aliphatic hydroxyl groups excluding tert-OH is 1. The number of aromatic nitrogens is 1. The van der Waals surface area contributed by atoms with Crippen LogP contribution in [-0.4, -0.2) is 22.6 Å². The fraction of sp³-hybridized carbons (Fsp3) is 0.238. The Labute approximate surface area is 182 Å². The first-order valence-corrected chi connectivity index (χ1v) is 8.99. The zero-order valence-corrected chi connectivity index (χ0v) is 18.1. The second-order valence-corrected chi connectivity index (χ2v) is 5.99. The first-order valence-electron chi connectivity index (χ1n) is 8.99. The van der Waals surface area contributed by atoms with E-state index in [0.717, 1.165) is 28.9 Å². The first-order chi connectivity index (χ1) is 13.3. The molecule has 0 spiro atoms. The Hall–Kier alpha value is -2.39. The summed E-state index contributed by atoms with van der Waals surface area (Å²) in [4.78, 5) is 9.11. The van der Waals surface area contributed by atoms with Gasteiger partial charge in [-0.15, -0.1) is 24.0 Å². The van der Waals surface area contributed by atoms with Gasteiger partial charge in [0.1, 0.15) is 6.26 Å². The lowest BCUT2D eigenvalue weighted by Crippen LogP contribution is -2.36. The third-order valence-electron chi connectivity index (χ3n) is 4.05. The molecule has 6 nitrogen and oxygen atoms in total. The summed E-state index contributed by atoms with van der Waals surface area (Å²) in [6.07, 6.45) is 1.65. The molecule has 0 saturated heterocycles. The molecule has 0 aliphatic heterocycles. The van der Waals surface area contributed by atoms with Gasteiger partial charge in [0.2, 0.25) is 5.89 Å². The molecule has 7 heteroatoms. The third kappa shape index (κ3) is 6.07. The Bertz CT molecular complexity index is 881. The van der Waals surface area contributed by atoms with E-state index < -0.39 is 0 Å². The normalized spacial score (nSPS) is 11.0.